The quantitative estimate of drug-likeness (QED) is 0.364. The van der Waals surface area contributed by atoms with Crippen LogP contribution in [0.5, 0.6) is 5.75 Å². The molecule has 176 valence electrons. The maximum absolute atomic E-state index is 13.2. The van der Waals surface area contributed by atoms with Crippen LogP contribution in [0.1, 0.15) is 10.4 Å². The Morgan fingerprint density at radius 1 is 1.38 bits per heavy atom. The predicted molar refractivity (Wildman–Crippen MR) is 124 cm³/mol. The number of carbonyl (C=O) groups is 1. The van der Waals surface area contributed by atoms with Gasteiger partial charge in [0, 0.05) is 54.0 Å². The Morgan fingerprint density at radius 3 is 3.09 bits per heavy atom. The Balaban J connectivity index is 1.58. The molecular weight excluding hydrogens is 466 g/mol. The molecule has 0 bridgehead atoms. The summed E-state index contributed by atoms with van der Waals surface area (Å²) < 4.78 is 34.4. The number of hydrogen-bond donors (Lipinski definition) is 3. The first-order chi connectivity index (χ1) is 16.5. The standard InChI is InChI=1S/C21H20F2N8O2S/c22-21(23)33-16-9-14-17(34-7-4-25-14)8-12(16)18-15(11-30(29-18)6-2-24)28-20(32)13-10-27-31-5-1-3-26-19(13)31/h1,3,5,8-11,21,25H,2,4,6-7,24H2,(H,28,32). The summed E-state index contributed by atoms with van der Waals surface area (Å²) >= 11 is 1.59. The average Bonchev–Trinajstić information content (AvgIpc) is 3.42. The minimum Gasteiger partial charge on any atom is -0.434 e. The normalized spacial score (nSPS) is 13.1. The number of anilines is 2. The van der Waals surface area contributed by atoms with Crippen LogP contribution in [0.4, 0.5) is 20.2 Å². The topological polar surface area (TPSA) is 124 Å². The van der Waals surface area contributed by atoms with Crippen LogP contribution in [0.2, 0.25) is 0 Å². The molecule has 4 aromatic rings. The number of nitrogens with zero attached hydrogens (tertiary/aromatic N) is 5. The third kappa shape index (κ3) is 4.26. The Hall–Kier alpha value is -3.71. The van der Waals surface area contributed by atoms with E-state index in [2.05, 4.69) is 25.8 Å². The number of fused-ring (bicyclic) bond motifs is 2. The van der Waals surface area contributed by atoms with Gasteiger partial charge in [-0.1, -0.05) is 0 Å². The van der Waals surface area contributed by atoms with Crippen molar-refractivity contribution >= 4 is 34.7 Å². The lowest BCUT2D eigenvalue weighted by Crippen LogP contribution is -2.13. The molecule has 0 saturated heterocycles. The number of thioether (sulfide) groups is 1. The van der Waals surface area contributed by atoms with E-state index in [9.17, 15) is 13.6 Å². The lowest BCUT2D eigenvalue weighted by atomic mass is 10.1. The summed E-state index contributed by atoms with van der Waals surface area (Å²) in [4.78, 5) is 18.2. The van der Waals surface area contributed by atoms with Crippen molar-refractivity contribution in [3.8, 4) is 17.0 Å². The van der Waals surface area contributed by atoms with Crippen molar-refractivity contribution in [3.63, 3.8) is 0 Å². The Labute approximate surface area is 196 Å². The first-order valence-electron chi connectivity index (χ1n) is 10.4. The summed E-state index contributed by atoms with van der Waals surface area (Å²) in [5, 5.41) is 14.7. The van der Waals surface area contributed by atoms with Gasteiger partial charge in [0.25, 0.3) is 5.91 Å². The van der Waals surface area contributed by atoms with Crippen molar-refractivity contribution in [3.05, 3.63) is 48.5 Å². The highest BCUT2D eigenvalue weighted by molar-refractivity contribution is 7.99. The van der Waals surface area contributed by atoms with Gasteiger partial charge in [-0.05, 0) is 12.1 Å². The molecule has 0 unspecified atom stereocenters. The zero-order valence-corrected chi connectivity index (χ0v) is 18.6. The van der Waals surface area contributed by atoms with Crippen LogP contribution in [-0.4, -0.2) is 55.7 Å². The SMILES string of the molecule is NCCn1cc(NC(=O)c2cnn3cccnc23)c(-c2cc3c(cc2OC(F)F)NCCS3)n1. The van der Waals surface area contributed by atoms with E-state index in [1.807, 2.05) is 0 Å². The van der Waals surface area contributed by atoms with E-state index >= 15 is 0 Å². The molecule has 0 atom stereocenters. The first kappa shape index (κ1) is 22.1. The molecule has 3 aromatic heterocycles. The Morgan fingerprint density at radius 2 is 2.26 bits per heavy atom. The van der Waals surface area contributed by atoms with Crippen LogP contribution < -0.4 is 21.1 Å². The second-order valence-corrected chi connectivity index (χ2v) is 8.48. The molecule has 0 radical (unpaired) electrons. The van der Waals surface area contributed by atoms with Gasteiger partial charge in [0.1, 0.15) is 17.0 Å². The molecule has 0 fully saturated rings. The summed E-state index contributed by atoms with van der Waals surface area (Å²) in [5.74, 6) is 0.316. The van der Waals surface area contributed by atoms with E-state index < -0.39 is 12.5 Å². The van der Waals surface area contributed by atoms with Gasteiger partial charge in [0.05, 0.1) is 24.1 Å². The van der Waals surface area contributed by atoms with Crippen LogP contribution >= 0.6 is 11.8 Å². The number of nitrogens with one attached hydrogen (secondary N) is 2. The highest BCUT2D eigenvalue weighted by Crippen LogP contribution is 2.43. The van der Waals surface area contributed by atoms with Crippen molar-refractivity contribution in [2.45, 2.75) is 18.1 Å². The minimum absolute atomic E-state index is 0.0464. The molecule has 1 aliphatic heterocycles. The Kier molecular flexibility index (Phi) is 6.02. The summed E-state index contributed by atoms with van der Waals surface area (Å²) in [6.07, 6.45) is 6.26. The number of halogens is 2. The number of hydrogen-bond acceptors (Lipinski definition) is 8. The van der Waals surface area contributed by atoms with Gasteiger partial charge in [0.15, 0.2) is 5.65 Å². The van der Waals surface area contributed by atoms with Crippen LogP contribution in [0.3, 0.4) is 0 Å². The second kappa shape index (κ2) is 9.27. The van der Waals surface area contributed by atoms with Gasteiger partial charge in [-0.25, -0.2) is 9.50 Å². The van der Waals surface area contributed by atoms with Crippen molar-refractivity contribution < 1.29 is 18.3 Å². The van der Waals surface area contributed by atoms with Crippen molar-refractivity contribution in [2.24, 2.45) is 5.73 Å². The van der Waals surface area contributed by atoms with E-state index in [0.29, 0.717) is 42.2 Å². The van der Waals surface area contributed by atoms with E-state index in [1.165, 1.54) is 16.8 Å². The largest absolute Gasteiger partial charge is 0.434 e. The second-order valence-electron chi connectivity index (χ2n) is 7.34. The number of benzene rings is 1. The van der Waals surface area contributed by atoms with E-state index in [0.717, 1.165) is 10.6 Å². The van der Waals surface area contributed by atoms with Gasteiger partial charge in [-0.15, -0.1) is 11.8 Å². The molecule has 10 nitrogen and oxygen atoms in total. The van der Waals surface area contributed by atoms with Crippen LogP contribution in [0, 0.1) is 0 Å². The van der Waals surface area contributed by atoms with Gasteiger partial charge in [-0.3, -0.25) is 9.48 Å². The molecular formula is C21H20F2N8O2S. The molecule has 1 aliphatic rings. The number of nitrogens with two attached hydrogens (primary N) is 1. The van der Waals surface area contributed by atoms with Gasteiger partial charge < -0.3 is 21.1 Å². The fourth-order valence-electron chi connectivity index (χ4n) is 3.68. The third-order valence-corrected chi connectivity index (χ3v) is 6.18. The maximum atomic E-state index is 13.2. The summed E-state index contributed by atoms with van der Waals surface area (Å²) in [5.41, 5.74) is 7.97. The Bertz CT molecular complexity index is 1360. The summed E-state index contributed by atoms with van der Waals surface area (Å²) in [6.45, 7) is -1.64. The molecule has 1 aromatic carbocycles. The summed E-state index contributed by atoms with van der Waals surface area (Å²) in [6, 6.07) is 4.97. The third-order valence-electron chi connectivity index (χ3n) is 5.12. The molecule has 4 heterocycles. The van der Waals surface area contributed by atoms with Crippen LogP contribution in [0.15, 0.2) is 47.9 Å². The van der Waals surface area contributed by atoms with Crippen LogP contribution in [0.25, 0.3) is 16.9 Å². The fraction of sp³-hybridized carbons (Fsp3) is 0.238. The van der Waals surface area contributed by atoms with E-state index in [4.69, 9.17) is 10.5 Å². The monoisotopic (exact) mass is 486 g/mol. The smallest absolute Gasteiger partial charge is 0.387 e. The first-order valence-corrected chi connectivity index (χ1v) is 11.4. The van der Waals surface area contributed by atoms with E-state index in [1.54, 1.807) is 47.2 Å². The molecule has 0 saturated carbocycles. The number of ether oxygens (including phenoxy) is 1. The highest BCUT2D eigenvalue weighted by Gasteiger charge is 2.24. The molecule has 13 heteroatoms. The number of aromatic nitrogens is 5. The fourth-order valence-corrected chi connectivity index (χ4v) is 4.59. The highest BCUT2D eigenvalue weighted by atomic mass is 32.2. The van der Waals surface area contributed by atoms with Gasteiger partial charge >= 0.3 is 6.61 Å². The van der Waals surface area contributed by atoms with Crippen molar-refractivity contribution in [1.82, 2.24) is 24.4 Å². The van der Waals surface area contributed by atoms with Crippen molar-refractivity contribution in [2.75, 3.05) is 29.5 Å². The number of alkyl halides is 2. The number of carbonyl (C=O) groups excluding carboxylic acids is 1. The maximum Gasteiger partial charge on any atom is 0.387 e. The zero-order valence-electron chi connectivity index (χ0n) is 17.7. The number of amides is 1. The van der Waals surface area contributed by atoms with Crippen molar-refractivity contribution in [1.29, 1.82) is 0 Å². The molecule has 4 N–H and O–H groups in total. The van der Waals surface area contributed by atoms with Crippen LogP contribution in [-0.2, 0) is 6.54 Å². The number of rotatable bonds is 7. The summed E-state index contributed by atoms with van der Waals surface area (Å²) in [7, 11) is 0. The zero-order chi connectivity index (χ0) is 23.7. The molecule has 0 aliphatic carbocycles. The van der Waals surface area contributed by atoms with Gasteiger partial charge in [0.2, 0.25) is 0 Å². The molecule has 5 rings (SSSR count). The minimum atomic E-state index is -3.03. The lowest BCUT2D eigenvalue weighted by Gasteiger charge is -2.20. The molecule has 0 spiro atoms. The van der Waals surface area contributed by atoms with E-state index in [-0.39, 0.29) is 17.0 Å². The average molecular weight is 487 g/mol. The predicted octanol–water partition coefficient (Wildman–Crippen LogP) is 2.92. The molecule has 34 heavy (non-hydrogen) atoms. The lowest BCUT2D eigenvalue weighted by molar-refractivity contribution is -0.0494. The molecule has 1 amide bonds. The van der Waals surface area contributed by atoms with Gasteiger partial charge in [-0.2, -0.15) is 19.0 Å².